The van der Waals surface area contributed by atoms with E-state index in [1.165, 1.54) is 30.5 Å². The SMILES string of the molecule is CCCCC(CC)Nc1ccccc1Cn1cccn1. The molecule has 1 heterocycles. The highest BCUT2D eigenvalue weighted by atomic mass is 15.3. The molecule has 1 atom stereocenters. The molecular formula is C17H25N3. The second-order valence-electron chi connectivity index (χ2n) is 5.25. The topological polar surface area (TPSA) is 29.9 Å². The van der Waals surface area contributed by atoms with Gasteiger partial charge in [0.05, 0.1) is 6.54 Å². The third-order valence-electron chi connectivity index (χ3n) is 3.67. The van der Waals surface area contributed by atoms with Gasteiger partial charge in [0.15, 0.2) is 0 Å². The van der Waals surface area contributed by atoms with Crippen molar-refractivity contribution < 1.29 is 0 Å². The van der Waals surface area contributed by atoms with Crippen LogP contribution in [0.5, 0.6) is 0 Å². The molecule has 0 aliphatic heterocycles. The van der Waals surface area contributed by atoms with E-state index in [1.54, 1.807) is 0 Å². The molecule has 0 saturated heterocycles. The third kappa shape index (κ3) is 4.12. The number of benzene rings is 1. The van der Waals surface area contributed by atoms with Gasteiger partial charge in [-0.1, -0.05) is 44.9 Å². The van der Waals surface area contributed by atoms with Crippen LogP contribution in [-0.4, -0.2) is 15.8 Å². The first-order chi connectivity index (χ1) is 9.83. The summed E-state index contributed by atoms with van der Waals surface area (Å²) in [6, 6.07) is 11.1. The first-order valence-electron chi connectivity index (χ1n) is 7.65. The van der Waals surface area contributed by atoms with Gasteiger partial charge in [0, 0.05) is 24.1 Å². The van der Waals surface area contributed by atoms with Crippen LogP contribution in [0.3, 0.4) is 0 Å². The Morgan fingerprint density at radius 3 is 2.75 bits per heavy atom. The second-order valence-corrected chi connectivity index (χ2v) is 5.25. The number of hydrogen-bond acceptors (Lipinski definition) is 2. The largest absolute Gasteiger partial charge is 0.382 e. The van der Waals surface area contributed by atoms with E-state index in [9.17, 15) is 0 Å². The number of rotatable bonds is 8. The average molecular weight is 271 g/mol. The zero-order valence-corrected chi connectivity index (χ0v) is 12.5. The summed E-state index contributed by atoms with van der Waals surface area (Å²) >= 11 is 0. The van der Waals surface area contributed by atoms with E-state index in [-0.39, 0.29) is 0 Å². The molecule has 1 N–H and O–H groups in total. The number of para-hydroxylation sites is 1. The van der Waals surface area contributed by atoms with Crippen molar-refractivity contribution in [2.75, 3.05) is 5.32 Å². The summed E-state index contributed by atoms with van der Waals surface area (Å²) in [5.74, 6) is 0. The zero-order chi connectivity index (χ0) is 14.2. The van der Waals surface area contributed by atoms with Crippen LogP contribution in [0, 0.1) is 0 Å². The Labute approximate surface area is 122 Å². The fraction of sp³-hybridized carbons (Fsp3) is 0.471. The molecule has 0 saturated carbocycles. The van der Waals surface area contributed by atoms with Crippen LogP contribution in [-0.2, 0) is 6.54 Å². The van der Waals surface area contributed by atoms with Crippen molar-refractivity contribution in [1.82, 2.24) is 9.78 Å². The Hall–Kier alpha value is -1.77. The van der Waals surface area contributed by atoms with Crippen molar-refractivity contribution in [3.8, 4) is 0 Å². The number of nitrogens with zero attached hydrogens (tertiary/aromatic N) is 2. The van der Waals surface area contributed by atoms with E-state index < -0.39 is 0 Å². The predicted molar refractivity (Wildman–Crippen MR) is 85.0 cm³/mol. The Morgan fingerprint density at radius 2 is 2.05 bits per heavy atom. The van der Waals surface area contributed by atoms with Gasteiger partial charge in [-0.15, -0.1) is 0 Å². The minimum Gasteiger partial charge on any atom is -0.382 e. The molecule has 108 valence electrons. The van der Waals surface area contributed by atoms with Gasteiger partial charge in [-0.2, -0.15) is 5.10 Å². The average Bonchev–Trinajstić information content (AvgIpc) is 2.98. The molecule has 1 aromatic heterocycles. The number of aromatic nitrogens is 2. The maximum Gasteiger partial charge on any atom is 0.0679 e. The van der Waals surface area contributed by atoms with Crippen LogP contribution in [0.2, 0.25) is 0 Å². The lowest BCUT2D eigenvalue weighted by Crippen LogP contribution is -2.19. The van der Waals surface area contributed by atoms with Crippen LogP contribution in [0.4, 0.5) is 5.69 Å². The Bertz CT molecular complexity index is 491. The fourth-order valence-corrected chi connectivity index (χ4v) is 2.42. The van der Waals surface area contributed by atoms with Gasteiger partial charge in [-0.3, -0.25) is 4.68 Å². The minimum atomic E-state index is 0.564. The van der Waals surface area contributed by atoms with Crippen molar-refractivity contribution in [1.29, 1.82) is 0 Å². The first-order valence-corrected chi connectivity index (χ1v) is 7.65. The smallest absolute Gasteiger partial charge is 0.0679 e. The number of unbranched alkanes of at least 4 members (excludes halogenated alkanes) is 1. The molecule has 0 spiro atoms. The third-order valence-corrected chi connectivity index (χ3v) is 3.67. The summed E-state index contributed by atoms with van der Waals surface area (Å²) in [5.41, 5.74) is 2.54. The van der Waals surface area contributed by atoms with Crippen LogP contribution in [0.15, 0.2) is 42.7 Å². The molecular weight excluding hydrogens is 246 g/mol. The second kappa shape index (κ2) is 7.73. The Morgan fingerprint density at radius 1 is 1.20 bits per heavy atom. The zero-order valence-electron chi connectivity index (χ0n) is 12.5. The van der Waals surface area contributed by atoms with Crippen molar-refractivity contribution >= 4 is 5.69 Å². The van der Waals surface area contributed by atoms with Gasteiger partial charge < -0.3 is 5.32 Å². The van der Waals surface area contributed by atoms with Crippen LogP contribution < -0.4 is 5.32 Å². The Balaban J connectivity index is 2.06. The van der Waals surface area contributed by atoms with E-state index in [4.69, 9.17) is 0 Å². The summed E-state index contributed by atoms with van der Waals surface area (Å²) < 4.78 is 1.97. The number of hydrogen-bond donors (Lipinski definition) is 1. The summed E-state index contributed by atoms with van der Waals surface area (Å²) in [6.07, 6.45) is 8.77. The van der Waals surface area contributed by atoms with Crippen molar-refractivity contribution in [2.24, 2.45) is 0 Å². The first kappa shape index (κ1) is 14.6. The summed E-state index contributed by atoms with van der Waals surface area (Å²) in [5, 5.41) is 7.99. The molecule has 0 aliphatic carbocycles. The van der Waals surface area contributed by atoms with Crippen LogP contribution in [0.25, 0.3) is 0 Å². The van der Waals surface area contributed by atoms with Crippen molar-refractivity contribution in [2.45, 2.75) is 52.1 Å². The molecule has 3 heteroatoms. The van der Waals surface area contributed by atoms with Crippen molar-refractivity contribution in [3.63, 3.8) is 0 Å². The molecule has 3 nitrogen and oxygen atoms in total. The van der Waals surface area contributed by atoms with Gasteiger partial charge in [0.2, 0.25) is 0 Å². The molecule has 2 rings (SSSR count). The molecule has 0 amide bonds. The maximum atomic E-state index is 4.29. The van der Waals surface area contributed by atoms with Crippen LogP contribution in [0.1, 0.15) is 45.1 Å². The van der Waals surface area contributed by atoms with Gasteiger partial charge in [-0.25, -0.2) is 0 Å². The van der Waals surface area contributed by atoms with E-state index >= 15 is 0 Å². The standard InChI is InChI=1S/C17H25N3/c1-3-5-10-16(4-2)19-17-11-7-6-9-15(17)14-20-13-8-12-18-20/h6-9,11-13,16,19H,3-5,10,14H2,1-2H3. The molecule has 0 aliphatic rings. The summed E-state index contributed by atoms with van der Waals surface area (Å²) in [6.45, 7) is 5.32. The maximum absolute atomic E-state index is 4.29. The normalized spacial score (nSPS) is 12.3. The minimum absolute atomic E-state index is 0.564. The lowest BCUT2D eigenvalue weighted by molar-refractivity contribution is 0.591. The van der Waals surface area contributed by atoms with E-state index in [0.29, 0.717) is 6.04 Å². The lowest BCUT2D eigenvalue weighted by atomic mass is 10.1. The molecule has 0 fully saturated rings. The molecule has 20 heavy (non-hydrogen) atoms. The van der Waals surface area contributed by atoms with E-state index in [2.05, 4.69) is 48.5 Å². The highest BCUT2D eigenvalue weighted by Gasteiger charge is 2.08. The molecule has 0 bridgehead atoms. The van der Waals surface area contributed by atoms with E-state index in [1.807, 2.05) is 23.1 Å². The van der Waals surface area contributed by atoms with Gasteiger partial charge in [0.25, 0.3) is 0 Å². The predicted octanol–water partition coefficient (Wildman–Crippen LogP) is 4.31. The molecule has 2 aromatic rings. The lowest BCUT2D eigenvalue weighted by Gasteiger charge is -2.20. The highest BCUT2D eigenvalue weighted by molar-refractivity contribution is 5.51. The fourth-order valence-electron chi connectivity index (χ4n) is 2.42. The molecule has 0 radical (unpaired) electrons. The monoisotopic (exact) mass is 271 g/mol. The van der Waals surface area contributed by atoms with Gasteiger partial charge in [0.1, 0.15) is 0 Å². The van der Waals surface area contributed by atoms with Gasteiger partial charge >= 0.3 is 0 Å². The quantitative estimate of drug-likeness (QED) is 0.775. The summed E-state index contributed by atoms with van der Waals surface area (Å²) in [7, 11) is 0. The van der Waals surface area contributed by atoms with Gasteiger partial charge in [-0.05, 0) is 30.5 Å². The number of nitrogens with one attached hydrogen (secondary N) is 1. The molecule has 1 aromatic carbocycles. The molecule has 1 unspecified atom stereocenters. The number of anilines is 1. The highest BCUT2D eigenvalue weighted by Crippen LogP contribution is 2.19. The Kier molecular flexibility index (Phi) is 5.66. The van der Waals surface area contributed by atoms with Crippen molar-refractivity contribution in [3.05, 3.63) is 48.3 Å². The summed E-state index contributed by atoms with van der Waals surface area (Å²) in [4.78, 5) is 0. The van der Waals surface area contributed by atoms with Crippen LogP contribution >= 0.6 is 0 Å². The van der Waals surface area contributed by atoms with E-state index in [0.717, 1.165) is 13.0 Å².